The molecule has 0 aromatic rings. The second-order valence-electron chi connectivity index (χ2n) is 0.577. The van der Waals surface area contributed by atoms with Crippen molar-refractivity contribution in [1.82, 2.24) is 0 Å². The third kappa shape index (κ3) is 114. The minimum atomic E-state index is 0. The molecule has 67 valence electrons. The van der Waals surface area contributed by atoms with Crippen molar-refractivity contribution in [2.75, 3.05) is 13.1 Å². The third-order valence-electron chi connectivity index (χ3n) is 0.167. The Hall–Kier alpha value is 0.939. The van der Waals surface area contributed by atoms with E-state index in [9.17, 15) is 0 Å². The minimum absolute atomic E-state index is 0. The maximum absolute atomic E-state index is 4.90. The van der Waals surface area contributed by atoms with Gasteiger partial charge in [0.1, 0.15) is 0 Å². The van der Waals surface area contributed by atoms with Crippen LogP contribution in [0.3, 0.4) is 0 Å². The zero-order chi connectivity index (χ0) is 3.41. The molecule has 7 heteroatoms. The Kier molecular flexibility index (Phi) is 371. The molecule has 0 unspecified atom stereocenters. The molecule has 0 aliphatic carbocycles. The summed E-state index contributed by atoms with van der Waals surface area (Å²) >= 11 is 0. The van der Waals surface area contributed by atoms with Crippen molar-refractivity contribution in [2.45, 2.75) is 0 Å². The molecule has 0 saturated carbocycles. The smallest absolute Gasteiger partial charge is 1.00 e. The zero-order valence-corrected chi connectivity index (χ0v) is 7.08. The zero-order valence-electron chi connectivity index (χ0n) is 4.63. The van der Waals surface area contributed by atoms with E-state index >= 15 is 0 Å². The van der Waals surface area contributed by atoms with E-state index in [0.29, 0.717) is 13.1 Å². The summed E-state index contributed by atoms with van der Waals surface area (Å²) in [7, 11) is 0. The largest absolute Gasteiger partial charge is 2.00 e. The molecular formula is C2H12Cl2CuN2O2. The predicted octanol–water partition coefficient (Wildman–Crippen LogP) is -8.74. The summed E-state index contributed by atoms with van der Waals surface area (Å²) in [6.45, 7) is 1.19. The van der Waals surface area contributed by atoms with Gasteiger partial charge in [0.05, 0.1) is 0 Å². The van der Waals surface area contributed by atoms with E-state index in [1.807, 2.05) is 0 Å². The first-order chi connectivity index (χ1) is 1.91. The molecule has 0 aliphatic rings. The van der Waals surface area contributed by atoms with Crippen molar-refractivity contribution >= 4 is 0 Å². The molecule has 0 aliphatic heterocycles. The molecule has 0 rings (SSSR count). The summed E-state index contributed by atoms with van der Waals surface area (Å²) in [4.78, 5) is 0. The Labute approximate surface area is 77.6 Å². The van der Waals surface area contributed by atoms with E-state index in [2.05, 4.69) is 0 Å². The van der Waals surface area contributed by atoms with E-state index in [-0.39, 0.29) is 52.8 Å². The fourth-order valence-electron chi connectivity index (χ4n) is 0. The standard InChI is InChI=1S/C2H8N2.2ClH.Cu.2H2O/c3-1-2-4;;;;;/h1-4H2;2*1H;;2*1H2/q;;;+2;;/p-2. The molecule has 0 aromatic carbocycles. The summed E-state index contributed by atoms with van der Waals surface area (Å²) in [6.07, 6.45) is 0. The molecule has 0 bridgehead atoms. The van der Waals surface area contributed by atoms with Crippen molar-refractivity contribution in [3.8, 4) is 0 Å². The summed E-state index contributed by atoms with van der Waals surface area (Å²) in [6, 6.07) is 0. The van der Waals surface area contributed by atoms with Crippen LogP contribution in [0.25, 0.3) is 0 Å². The fraction of sp³-hybridized carbons (Fsp3) is 1.00. The van der Waals surface area contributed by atoms with Crippen LogP contribution in [0.5, 0.6) is 0 Å². The van der Waals surface area contributed by atoms with Crippen LogP contribution in [0.4, 0.5) is 0 Å². The van der Waals surface area contributed by atoms with Crippen molar-refractivity contribution in [2.24, 2.45) is 11.5 Å². The Morgan fingerprint density at radius 2 is 0.889 bits per heavy atom. The molecule has 4 nitrogen and oxygen atoms in total. The first-order valence-electron chi connectivity index (χ1n) is 1.32. The van der Waals surface area contributed by atoms with E-state index in [1.165, 1.54) is 0 Å². The Bertz CT molecular complexity index is 22.5. The van der Waals surface area contributed by atoms with Crippen LogP contribution < -0.4 is 36.3 Å². The summed E-state index contributed by atoms with van der Waals surface area (Å²) < 4.78 is 0. The van der Waals surface area contributed by atoms with Gasteiger partial charge in [0, 0.05) is 13.1 Å². The number of nitrogens with two attached hydrogens (primary N) is 2. The van der Waals surface area contributed by atoms with Gasteiger partial charge < -0.3 is 47.2 Å². The van der Waals surface area contributed by atoms with Gasteiger partial charge in [-0.1, -0.05) is 0 Å². The van der Waals surface area contributed by atoms with E-state index < -0.39 is 0 Å². The molecule has 0 fully saturated rings. The molecule has 8 N–H and O–H groups in total. The number of halogens is 2. The van der Waals surface area contributed by atoms with Gasteiger partial charge in [0.15, 0.2) is 0 Å². The van der Waals surface area contributed by atoms with Gasteiger partial charge in [-0.3, -0.25) is 0 Å². The third-order valence-corrected chi connectivity index (χ3v) is 0.167. The fourth-order valence-corrected chi connectivity index (χ4v) is 0. The monoisotopic (exact) mass is 229 g/mol. The van der Waals surface area contributed by atoms with Crippen LogP contribution >= 0.6 is 0 Å². The predicted molar refractivity (Wildman–Crippen MR) is 25.3 cm³/mol. The number of hydrogen-bond donors (Lipinski definition) is 2. The van der Waals surface area contributed by atoms with Crippen LogP contribution in [0.15, 0.2) is 0 Å². The average molecular weight is 231 g/mol. The van der Waals surface area contributed by atoms with Gasteiger partial charge in [-0.2, -0.15) is 0 Å². The Balaban J connectivity index is -0.00000000450. The maximum atomic E-state index is 4.90. The molecular weight excluding hydrogens is 218 g/mol. The molecule has 0 atom stereocenters. The van der Waals surface area contributed by atoms with Gasteiger partial charge in [-0.25, -0.2) is 0 Å². The quantitative estimate of drug-likeness (QED) is 0.436. The first-order valence-corrected chi connectivity index (χ1v) is 1.32. The van der Waals surface area contributed by atoms with E-state index in [4.69, 9.17) is 11.5 Å². The van der Waals surface area contributed by atoms with Crippen molar-refractivity contribution in [3.63, 3.8) is 0 Å². The number of hydrogen-bond acceptors (Lipinski definition) is 2. The maximum Gasteiger partial charge on any atom is 2.00 e. The molecule has 0 spiro atoms. The molecule has 1 radical (unpaired) electrons. The minimum Gasteiger partial charge on any atom is -1.00 e. The van der Waals surface area contributed by atoms with Crippen LogP contribution in [-0.4, -0.2) is 24.0 Å². The first kappa shape index (κ1) is 51.2. The molecule has 9 heavy (non-hydrogen) atoms. The average Bonchev–Trinajstić information content (AvgIpc) is 1.37. The van der Waals surface area contributed by atoms with Crippen LogP contribution in [0.2, 0.25) is 0 Å². The Morgan fingerprint density at radius 3 is 0.889 bits per heavy atom. The van der Waals surface area contributed by atoms with Crippen LogP contribution in [0.1, 0.15) is 0 Å². The topological polar surface area (TPSA) is 115 Å². The van der Waals surface area contributed by atoms with Gasteiger partial charge in [-0.15, -0.1) is 0 Å². The van der Waals surface area contributed by atoms with Gasteiger partial charge in [0.2, 0.25) is 0 Å². The second-order valence-corrected chi connectivity index (χ2v) is 0.577. The SMILES string of the molecule is NCCN.O.O.[Cl-].[Cl-].[Cu+2]. The summed E-state index contributed by atoms with van der Waals surface area (Å²) in [5, 5.41) is 0. The summed E-state index contributed by atoms with van der Waals surface area (Å²) in [5.74, 6) is 0. The molecule has 0 saturated heterocycles. The van der Waals surface area contributed by atoms with Crippen molar-refractivity contribution in [1.29, 1.82) is 0 Å². The molecule has 0 heterocycles. The van der Waals surface area contributed by atoms with Gasteiger partial charge >= 0.3 is 17.1 Å². The van der Waals surface area contributed by atoms with Crippen LogP contribution in [0, 0.1) is 0 Å². The van der Waals surface area contributed by atoms with Gasteiger partial charge in [-0.05, 0) is 0 Å². The Morgan fingerprint density at radius 1 is 0.778 bits per heavy atom. The van der Waals surface area contributed by atoms with E-state index in [1.54, 1.807) is 0 Å². The molecule has 0 aromatic heterocycles. The summed E-state index contributed by atoms with van der Waals surface area (Å²) in [5.41, 5.74) is 9.81. The normalized spacial score (nSPS) is 3.33. The van der Waals surface area contributed by atoms with Crippen molar-refractivity contribution < 1.29 is 52.8 Å². The molecule has 0 amide bonds. The van der Waals surface area contributed by atoms with E-state index in [0.717, 1.165) is 0 Å². The van der Waals surface area contributed by atoms with Crippen molar-refractivity contribution in [3.05, 3.63) is 0 Å². The second kappa shape index (κ2) is 65.2. The van der Waals surface area contributed by atoms with Crippen LogP contribution in [-0.2, 0) is 17.1 Å². The number of rotatable bonds is 1. The van der Waals surface area contributed by atoms with Gasteiger partial charge in [0.25, 0.3) is 0 Å².